The molecule has 10 nitrogen and oxygen atoms in total. The van der Waals surface area contributed by atoms with Crippen molar-refractivity contribution in [2.45, 2.75) is 4.90 Å². The number of ether oxygens (including phenoxy) is 3. The van der Waals surface area contributed by atoms with E-state index in [9.17, 15) is 23.8 Å². The Hall–Kier alpha value is -4.30. The van der Waals surface area contributed by atoms with Gasteiger partial charge < -0.3 is 14.2 Å². The van der Waals surface area contributed by atoms with Crippen molar-refractivity contribution in [3.63, 3.8) is 0 Å². The van der Waals surface area contributed by atoms with Crippen molar-refractivity contribution in [1.29, 1.82) is 5.26 Å². The molecule has 0 amide bonds. The summed E-state index contributed by atoms with van der Waals surface area (Å²) in [5.41, 5.74) is 0.0871. The van der Waals surface area contributed by atoms with E-state index in [1.807, 2.05) is 6.07 Å². The lowest BCUT2D eigenvalue weighted by Gasteiger charge is -2.11. The number of rotatable bonds is 6. The average molecular weight is 439 g/mol. The van der Waals surface area contributed by atoms with Crippen molar-refractivity contribution < 1.29 is 27.6 Å². The van der Waals surface area contributed by atoms with Crippen molar-refractivity contribution in [3.8, 4) is 29.1 Å². The number of nitriles is 1. The Labute approximate surface area is 176 Å². The number of nitrogens with zero attached hydrogens (tertiary/aromatic N) is 2. The molecule has 1 aliphatic heterocycles. The standard InChI is InChI=1S/C20H13N3O7S/c21-11-13-9-19-20(29-12-28-19)10-18(13)22-31(26,27)17-7-5-16(6-8-17)30-15-3-1-14(2-4-15)23(24)25/h1-10,22H,12H2. The van der Waals surface area contributed by atoms with Crippen LogP contribution in [0.25, 0.3) is 0 Å². The van der Waals surface area contributed by atoms with Gasteiger partial charge in [-0.25, -0.2) is 8.42 Å². The number of benzene rings is 3. The molecule has 1 N–H and O–H groups in total. The second-order valence-corrected chi connectivity index (χ2v) is 7.98. The van der Waals surface area contributed by atoms with Crippen LogP contribution in [0.15, 0.2) is 65.6 Å². The summed E-state index contributed by atoms with van der Waals surface area (Å²) in [4.78, 5) is 10.1. The van der Waals surface area contributed by atoms with Crippen LogP contribution in [0.1, 0.15) is 5.56 Å². The van der Waals surface area contributed by atoms with E-state index in [4.69, 9.17) is 14.2 Å². The first kappa shape index (κ1) is 20.0. The van der Waals surface area contributed by atoms with Crippen molar-refractivity contribution in [1.82, 2.24) is 0 Å². The van der Waals surface area contributed by atoms with Gasteiger partial charge in [0.2, 0.25) is 6.79 Å². The van der Waals surface area contributed by atoms with Gasteiger partial charge in [0.05, 0.1) is 21.1 Å². The highest BCUT2D eigenvalue weighted by molar-refractivity contribution is 7.92. The normalized spacial score (nSPS) is 12.1. The lowest BCUT2D eigenvalue weighted by atomic mass is 10.2. The number of anilines is 1. The highest BCUT2D eigenvalue weighted by Gasteiger charge is 2.21. The monoisotopic (exact) mass is 439 g/mol. The Morgan fingerprint density at radius 1 is 1.00 bits per heavy atom. The second-order valence-electron chi connectivity index (χ2n) is 6.29. The van der Waals surface area contributed by atoms with Gasteiger partial charge in [0.1, 0.15) is 17.6 Å². The maximum Gasteiger partial charge on any atom is 0.269 e. The third-order valence-corrected chi connectivity index (χ3v) is 5.68. The largest absolute Gasteiger partial charge is 0.457 e. The van der Waals surface area contributed by atoms with Gasteiger partial charge in [0.15, 0.2) is 11.5 Å². The SMILES string of the molecule is N#Cc1cc2c(cc1NS(=O)(=O)c1ccc(Oc3ccc([N+](=O)[O-])cc3)cc1)OCO2. The molecule has 0 unspecified atom stereocenters. The van der Waals surface area contributed by atoms with Crippen LogP contribution >= 0.6 is 0 Å². The number of nitro benzene ring substituents is 1. The minimum absolute atomic E-state index is 0.00731. The van der Waals surface area contributed by atoms with Gasteiger partial charge in [-0.05, 0) is 36.4 Å². The zero-order valence-corrected chi connectivity index (χ0v) is 16.5. The summed E-state index contributed by atoms with van der Waals surface area (Å²) in [5.74, 6) is 1.41. The van der Waals surface area contributed by atoms with Gasteiger partial charge in [-0.15, -0.1) is 0 Å². The number of nitro groups is 1. The molecular formula is C20H13N3O7S. The zero-order chi connectivity index (χ0) is 22.0. The van der Waals surface area contributed by atoms with Gasteiger partial charge >= 0.3 is 0 Å². The minimum Gasteiger partial charge on any atom is -0.457 e. The molecule has 1 heterocycles. The maximum absolute atomic E-state index is 12.7. The van der Waals surface area contributed by atoms with Crippen LogP contribution in [0.2, 0.25) is 0 Å². The topological polar surface area (TPSA) is 141 Å². The molecule has 1 aliphatic rings. The molecule has 156 valence electrons. The minimum atomic E-state index is -4.00. The van der Waals surface area contributed by atoms with E-state index in [1.165, 1.54) is 60.7 Å². The predicted octanol–water partition coefficient (Wildman–Crippen LogP) is 3.79. The first-order chi connectivity index (χ1) is 14.9. The van der Waals surface area contributed by atoms with Gasteiger partial charge in [0.25, 0.3) is 15.7 Å². The van der Waals surface area contributed by atoms with E-state index in [2.05, 4.69) is 4.72 Å². The van der Waals surface area contributed by atoms with E-state index >= 15 is 0 Å². The molecule has 0 aromatic heterocycles. The summed E-state index contributed by atoms with van der Waals surface area (Å²) in [6.45, 7) is -0.00731. The number of fused-ring (bicyclic) bond motifs is 1. The molecule has 0 radical (unpaired) electrons. The Bertz CT molecular complexity index is 1300. The molecule has 0 saturated heterocycles. The van der Waals surface area contributed by atoms with Gasteiger partial charge in [-0.1, -0.05) is 0 Å². The van der Waals surface area contributed by atoms with Crippen LogP contribution in [0.4, 0.5) is 11.4 Å². The third kappa shape index (κ3) is 4.19. The van der Waals surface area contributed by atoms with Crippen LogP contribution in [0.3, 0.4) is 0 Å². The fourth-order valence-corrected chi connectivity index (χ4v) is 3.85. The summed E-state index contributed by atoms with van der Waals surface area (Å²) in [6, 6.07) is 15.8. The number of hydrogen-bond acceptors (Lipinski definition) is 8. The van der Waals surface area contributed by atoms with Crippen molar-refractivity contribution in [2.24, 2.45) is 0 Å². The van der Waals surface area contributed by atoms with E-state index in [0.717, 1.165) is 0 Å². The smallest absolute Gasteiger partial charge is 0.269 e. The van der Waals surface area contributed by atoms with E-state index in [-0.39, 0.29) is 28.6 Å². The molecule has 31 heavy (non-hydrogen) atoms. The molecule has 11 heteroatoms. The van der Waals surface area contributed by atoms with Gasteiger partial charge in [-0.3, -0.25) is 14.8 Å². The molecule has 0 bridgehead atoms. The first-order valence-electron chi connectivity index (χ1n) is 8.75. The van der Waals surface area contributed by atoms with Crippen LogP contribution < -0.4 is 18.9 Å². The number of nitrogens with one attached hydrogen (secondary N) is 1. The third-order valence-electron chi connectivity index (χ3n) is 4.29. The zero-order valence-electron chi connectivity index (χ0n) is 15.6. The molecule has 0 atom stereocenters. The summed E-state index contributed by atoms with van der Waals surface area (Å²) < 4.78 is 43.9. The lowest BCUT2D eigenvalue weighted by Crippen LogP contribution is -2.13. The fraction of sp³-hybridized carbons (Fsp3) is 0.0500. The summed E-state index contributed by atoms with van der Waals surface area (Å²) in [5, 5.41) is 20.0. The molecule has 3 aromatic rings. The Kier molecular flexibility index (Phi) is 5.06. The Morgan fingerprint density at radius 2 is 1.58 bits per heavy atom. The molecule has 0 fully saturated rings. The Morgan fingerprint density at radius 3 is 2.16 bits per heavy atom. The molecule has 4 rings (SSSR count). The van der Waals surface area contributed by atoms with E-state index < -0.39 is 14.9 Å². The maximum atomic E-state index is 12.7. The molecule has 0 spiro atoms. The highest BCUT2D eigenvalue weighted by Crippen LogP contribution is 2.37. The number of hydrogen-bond donors (Lipinski definition) is 1. The van der Waals surface area contributed by atoms with E-state index in [0.29, 0.717) is 23.0 Å². The Balaban J connectivity index is 1.52. The van der Waals surface area contributed by atoms with Gasteiger partial charge in [-0.2, -0.15) is 5.26 Å². The van der Waals surface area contributed by atoms with E-state index in [1.54, 1.807) is 0 Å². The van der Waals surface area contributed by atoms with Crippen LogP contribution in [0.5, 0.6) is 23.0 Å². The summed E-state index contributed by atoms with van der Waals surface area (Å²) in [7, 11) is -4.00. The van der Waals surface area contributed by atoms with Crippen molar-refractivity contribution in [3.05, 3.63) is 76.3 Å². The molecular weight excluding hydrogens is 426 g/mol. The number of sulfonamides is 1. The second kappa shape index (κ2) is 7.85. The average Bonchev–Trinajstić information content (AvgIpc) is 3.21. The molecule has 0 aliphatic carbocycles. The number of non-ortho nitro benzene ring substituents is 1. The molecule has 3 aromatic carbocycles. The van der Waals surface area contributed by atoms with Crippen LogP contribution in [-0.2, 0) is 10.0 Å². The lowest BCUT2D eigenvalue weighted by molar-refractivity contribution is -0.384. The summed E-state index contributed by atoms with van der Waals surface area (Å²) in [6.07, 6.45) is 0. The quantitative estimate of drug-likeness (QED) is 0.452. The highest BCUT2D eigenvalue weighted by atomic mass is 32.2. The van der Waals surface area contributed by atoms with Crippen LogP contribution in [0, 0.1) is 21.4 Å². The van der Waals surface area contributed by atoms with Gasteiger partial charge in [0, 0.05) is 24.3 Å². The van der Waals surface area contributed by atoms with Crippen molar-refractivity contribution in [2.75, 3.05) is 11.5 Å². The fourth-order valence-electron chi connectivity index (χ4n) is 2.78. The van der Waals surface area contributed by atoms with Crippen molar-refractivity contribution >= 4 is 21.4 Å². The van der Waals surface area contributed by atoms with Crippen LogP contribution in [-0.4, -0.2) is 20.1 Å². The first-order valence-corrected chi connectivity index (χ1v) is 10.2. The molecule has 0 saturated carbocycles. The predicted molar refractivity (Wildman–Crippen MR) is 108 cm³/mol. The summed E-state index contributed by atoms with van der Waals surface area (Å²) >= 11 is 0.